The maximum atomic E-state index is 12.3. The summed E-state index contributed by atoms with van der Waals surface area (Å²) in [5.74, 6) is 1.94. The van der Waals surface area contributed by atoms with Gasteiger partial charge in [-0.25, -0.2) is 4.98 Å². The Morgan fingerprint density at radius 3 is 2.84 bits per heavy atom. The van der Waals surface area contributed by atoms with E-state index in [0.717, 1.165) is 30.8 Å². The van der Waals surface area contributed by atoms with Crippen LogP contribution in [-0.4, -0.2) is 41.2 Å². The summed E-state index contributed by atoms with van der Waals surface area (Å²) < 4.78 is 5.52. The lowest BCUT2D eigenvalue weighted by Crippen LogP contribution is -2.35. The van der Waals surface area contributed by atoms with Gasteiger partial charge < -0.3 is 15.1 Å². The number of thioether (sulfide) groups is 1. The van der Waals surface area contributed by atoms with Crippen LogP contribution in [0.3, 0.4) is 0 Å². The number of amides is 1. The van der Waals surface area contributed by atoms with Crippen LogP contribution in [-0.2, 0) is 10.5 Å². The third-order valence-corrected chi connectivity index (χ3v) is 5.40. The molecule has 1 aliphatic heterocycles. The minimum Gasteiger partial charge on any atom is -0.444 e. The summed E-state index contributed by atoms with van der Waals surface area (Å²) in [5, 5.41) is 0. The summed E-state index contributed by atoms with van der Waals surface area (Å²) >= 11 is 1.57. The fourth-order valence-corrected chi connectivity index (χ4v) is 3.63. The lowest BCUT2D eigenvalue weighted by molar-refractivity contribution is -0.127. The highest BCUT2D eigenvalue weighted by molar-refractivity contribution is 7.99. The number of likely N-dealkylation sites (tertiary alicyclic amines) is 1. The molecule has 3 rings (SSSR count). The molecular weight excluding hydrogens is 358 g/mol. The predicted octanol–water partition coefficient (Wildman–Crippen LogP) is 3.19. The summed E-state index contributed by atoms with van der Waals surface area (Å²) in [6, 6.07) is 9.81. The van der Waals surface area contributed by atoms with Crippen molar-refractivity contribution in [3.63, 3.8) is 0 Å². The molecule has 0 bridgehead atoms. The minimum absolute atomic E-state index is 0. The molecule has 1 amide bonds. The highest BCUT2D eigenvalue weighted by Crippen LogP contribution is 2.29. The van der Waals surface area contributed by atoms with Crippen molar-refractivity contribution in [2.24, 2.45) is 11.1 Å². The summed E-state index contributed by atoms with van der Waals surface area (Å²) in [5.41, 5.74) is 7.70. The molecule has 5 nitrogen and oxygen atoms in total. The highest BCUT2D eigenvalue weighted by atomic mass is 35.5. The number of rotatable bonds is 6. The lowest BCUT2D eigenvalue weighted by Gasteiger charge is -2.22. The molecule has 136 valence electrons. The second-order valence-corrected chi connectivity index (χ2v) is 7.57. The van der Waals surface area contributed by atoms with E-state index >= 15 is 0 Å². The molecule has 1 aromatic heterocycles. The molecular formula is C18H24ClN3O2S. The number of benzene rings is 1. The number of carbonyl (C=O) groups excluding carboxylic acids is 1. The Morgan fingerprint density at radius 1 is 1.40 bits per heavy atom. The quantitative estimate of drug-likeness (QED) is 0.831. The van der Waals surface area contributed by atoms with Crippen LogP contribution in [0.2, 0.25) is 0 Å². The lowest BCUT2D eigenvalue weighted by atomic mass is 9.90. The van der Waals surface area contributed by atoms with Crippen LogP contribution in [0, 0.1) is 5.41 Å². The van der Waals surface area contributed by atoms with E-state index in [0.29, 0.717) is 23.9 Å². The standard InChI is InChI=1S/C18H23N3O2S.ClH/c1-18(12-19)7-8-21(13-18)16(22)11-24-10-15-9-23-17(20-15)14-5-3-2-4-6-14;/h2-6,9H,7-8,10-13,19H2,1H3;1H. The number of nitrogens with two attached hydrogens (primary N) is 1. The maximum absolute atomic E-state index is 12.3. The Morgan fingerprint density at radius 2 is 2.16 bits per heavy atom. The van der Waals surface area contributed by atoms with Gasteiger partial charge in [-0.05, 0) is 30.5 Å². The second kappa shape index (κ2) is 8.74. The van der Waals surface area contributed by atoms with Gasteiger partial charge in [0.05, 0.1) is 11.4 Å². The molecule has 25 heavy (non-hydrogen) atoms. The van der Waals surface area contributed by atoms with Gasteiger partial charge in [0.2, 0.25) is 11.8 Å². The monoisotopic (exact) mass is 381 g/mol. The Hall–Kier alpha value is -1.50. The number of aromatic nitrogens is 1. The minimum atomic E-state index is 0. The van der Waals surface area contributed by atoms with Gasteiger partial charge in [0, 0.05) is 24.4 Å². The van der Waals surface area contributed by atoms with E-state index in [2.05, 4.69) is 11.9 Å². The van der Waals surface area contributed by atoms with Crippen LogP contribution < -0.4 is 5.73 Å². The van der Waals surface area contributed by atoms with Gasteiger partial charge in [0.25, 0.3) is 0 Å². The number of nitrogens with zero attached hydrogens (tertiary/aromatic N) is 2. The normalized spacial score (nSPS) is 19.7. The van der Waals surface area contributed by atoms with Crippen molar-refractivity contribution < 1.29 is 9.21 Å². The zero-order valence-electron chi connectivity index (χ0n) is 14.3. The summed E-state index contributed by atoms with van der Waals surface area (Å²) in [6.07, 6.45) is 2.66. The Kier molecular flexibility index (Phi) is 6.93. The van der Waals surface area contributed by atoms with Crippen molar-refractivity contribution in [1.29, 1.82) is 0 Å². The van der Waals surface area contributed by atoms with Gasteiger partial charge in [0.15, 0.2) is 0 Å². The van der Waals surface area contributed by atoms with Crippen LogP contribution in [0.5, 0.6) is 0 Å². The Bertz CT molecular complexity index is 695. The van der Waals surface area contributed by atoms with Crippen molar-refractivity contribution in [2.75, 3.05) is 25.4 Å². The molecule has 1 fully saturated rings. The molecule has 0 spiro atoms. The molecule has 2 aromatic rings. The Balaban J connectivity index is 0.00000225. The first kappa shape index (κ1) is 19.8. The number of hydrogen-bond acceptors (Lipinski definition) is 5. The molecule has 1 aliphatic rings. The summed E-state index contributed by atoms with van der Waals surface area (Å²) in [4.78, 5) is 18.7. The Labute approximate surface area is 158 Å². The first-order valence-electron chi connectivity index (χ1n) is 8.15. The molecule has 1 aromatic carbocycles. The van der Waals surface area contributed by atoms with E-state index in [1.54, 1.807) is 18.0 Å². The zero-order chi connectivity index (χ0) is 17.0. The van der Waals surface area contributed by atoms with Crippen LogP contribution in [0.1, 0.15) is 19.0 Å². The average Bonchev–Trinajstić information content (AvgIpc) is 3.23. The second-order valence-electron chi connectivity index (χ2n) is 6.58. The van der Waals surface area contributed by atoms with Gasteiger partial charge in [0.1, 0.15) is 6.26 Å². The number of oxazole rings is 1. The van der Waals surface area contributed by atoms with Gasteiger partial charge in [-0.15, -0.1) is 24.2 Å². The summed E-state index contributed by atoms with van der Waals surface area (Å²) in [6.45, 7) is 4.36. The smallest absolute Gasteiger partial charge is 0.232 e. The van der Waals surface area contributed by atoms with Crippen molar-refractivity contribution in [2.45, 2.75) is 19.1 Å². The van der Waals surface area contributed by atoms with Crippen LogP contribution in [0.25, 0.3) is 11.5 Å². The molecule has 1 atom stereocenters. The van der Waals surface area contributed by atoms with Gasteiger partial charge in [-0.1, -0.05) is 25.1 Å². The van der Waals surface area contributed by atoms with Crippen LogP contribution >= 0.6 is 24.2 Å². The number of carbonyl (C=O) groups is 1. The molecule has 1 saturated heterocycles. The molecule has 2 heterocycles. The van der Waals surface area contributed by atoms with E-state index in [4.69, 9.17) is 10.2 Å². The molecule has 7 heteroatoms. The average molecular weight is 382 g/mol. The fraction of sp³-hybridized carbons (Fsp3) is 0.444. The largest absolute Gasteiger partial charge is 0.444 e. The molecule has 0 radical (unpaired) electrons. The van der Waals surface area contributed by atoms with Crippen LogP contribution in [0.4, 0.5) is 0 Å². The van der Waals surface area contributed by atoms with Crippen LogP contribution in [0.15, 0.2) is 41.0 Å². The van der Waals surface area contributed by atoms with Gasteiger partial charge in [-0.3, -0.25) is 4.79 Å². The van der Waals surface area contributed by atoms with Crippen molar-refractivity contribution in [3.05, 3.63) is 42.3 Å². The molecule has 0 aliphatic carbocycles. The third kappa shape index (κ3) is 5.00. The van der Waals surface area contributed by atoms with E-state index < -0.39 is 0 Å². The fourth-order valence-electron chi connectivity index (χ4n) is 2.82. The molecule has 1 unspecified atom stereocenters. The SMILES string of the molecule is CC1(CN)CCN(C(=O)CSCc2coc(-c3ccccc3)n2)C1.Cl. The summed E-state index contributed by atoms with van der Waals surface area (Å²) in [7, 11) is 0. The molecule has 2 N–H and O–H groups in total. The van der Waals surface area contributed by atoms with E-state index in [1.807, 2.05) is 35.2 Å². The van der Waals surface area contributed by atoms with Gasteiger partial charge >= 0.3 is 0 Å². The van der Waals surface area contributed by atoms with E-state index in [1.165, 1.54) is 0 Å². The number of hydrogen-bond donors (Lipinski definition) is 1. The number of halogens is 1. The predicted molar refractivity (Wildman–Crippen MR) is 104 cm³/mol. The first-order valence-corrected chi connectivity index (χ1v) is 9.30. The molecule has 0 saturated carbocycles. The van der Waals surface area contributed by atoms with E-state index in [-0.39, 0.29) is 23.7 Å². The van der Waals surface area contributed by atoms with Crippen molar-refractivity contribution in [1.82, 2.24) is 9.88 Å². The third-order valence-electron chi connectivity index (χ3n) is 4.45. The topological polar surface area (TPSA) is 72.4 Å². The first-order chi connectivity index (χ1) is 11.6. The maximum Gasteiger partial charge on any atom is 0.232 e. The van der Waals surface area contributed by atoms with Crippen molar-refractivity contribution >= 4 is 30.1 Å². The van der Waals surface area contributed by atoms with Crippen molar-refractivity contribution in [3.8, 4) is 11.5 Å². The van der Waals surface area contributed by atoms with Gasteiger partial charge in [-0.2, -0.15) is 0 Å². The highest BCUT2D eigenvalue weighted by Gasteiger charge is 2.34. The van der Waals surface area contributed by atoms with E-state index in [9.17, 15) is 4.79 Å². The zero-order valence-corrected chi connectivity index (χ0v) is 15.9.